The van der Waals surface area contributed by atoms with Crippen molar-refractivity contribution in [2.45, 2.75) is 31.2 Å². The molecular weight excluding hydrogens is 434 g/mol. The maximum absolute atomic E-state index is 13.0. The first-order valence-corrected chi connectivity index (χ1v) is 8.42. The van der Waals surface area contributed by atoms with Gasteiger partial charge in [0.2, 0.25) is 6.41 Å². The molecule has 3 rings (SSSR count). The van der Waals surface area contributed by atoms with Gasteiger partial charge in [0.15, 0.2) is 0 Å². The Morgan fingerprint density at radius 2 is 1.83 bits per heavy atom. The van der Waals surface area contributed by atoms with E-state index >= 15 is 0 Å². The van der Waals surface area contributed by atoms with E-state index < -0.39 is 24.3 Å². The van der Waals surface area contributed by atoms with Crippen LogP contribution in [0.15, 0.2) is 48.5 Å². The lowest BCUT2D eigenvalue weighted by Gasteiger charge is -2.20. The Bertz CT molecular complexity index is 709. The van der Waals surface area contributed by atoms with Gasteiger partial charge >= 0.3 is 6.18 Å². The second-order valence-corrected chi connectivity index (χ2v) is 6.77. The smallest absolute Gasteiger partial charge is 0.356 e. The fourth-order valence-electron chi connectivity index (χ4n) is 2.81. The van der Waals surface area contributed by atoms with Gasteiger partial charge in [0.25, 0.3) is 0 Å². The third-order valence-corrected chi connectivity index (χ3v) is 4.91. The van der Waals surface area contributed by atoms with Gasteiger partial charge in [-0.1, -0.05) is 30.3 Å². The lowest BCUT2D eigenvalue weighted by atomic mass is 9.95. The Labute approximate surface area is 151 Å². The number of nitrogens with one attached hydrogen (secondary N) is 1. The van der Waals surface area contributed by atoms with Crippen LogP contribution in [0.3, 0.4) is 0 Å². The van der Waals surface area contributed by atoms with E-state index in [1.165, 1.54) is 6.07 Å². The molecular formula is C17H15F3INO2. The highest BCUT2D eigenvalue weighted by Gasteiger charge is 2.38. The quantitative estimate of drug-likeness (QED) is 0.700. The second-order valence-electron chi connectivity index (χ2n) is 5.61. The molecule has 128 valence electrons. The first-order chi connectivity index (χ1) is 11.3. The summed E-state index contributed by atoms with van der Waals surface area (Å²) in [6, 6.07) is 12.8. The molecule has 3 atom stereocenters. The molecule has 2 aromatic carbocycles. The standard InChI is InChI=1S/C17H15F3INO2/c18-17(19,20)11-6-7-13(21)12(9-11)15-14(22-16(23)24-15)8-10-4-2-1-3-5-10/h1-7,9,14-16,22-23H,8H2/t14-,15?,16?/m1/s1. The predicted molar refractivity (Wildman–Crippen MR) is 91.1 cm³/mol. The Morgan fingerprint density at radius 1 is 1.12 bits per heavy atom. The number of aliphatic hydroxyl groups excluding tert-OH is 1. The zero-order valence-electron chi connectivity index (χ0n) is 12.4. The topological polar surface area (TPSA) is 41.5 Å². The molecule has 2 N–H and O–H groups in total. The molecule has 7 heteroatoms. The average molecular weight is 449 g/mol. The van der Waals surface area contributed by atoms with Crippen molar-refractivity contribution in [1.82, 2.24) is 5.32 Å². The zero-order chi connectivity index (χ0) is 17.3. The van der Waals surface area contributed by atoms with E-state index in [2.05, 4.69) is 5.32 Å². The molecule has 0 radical (unpaired) electrons. The first-order valence-electron chi connectivity index (χ1n) is 7.35. The Kier molecular flexibility index (Phi) is 5.14. The van der Waals surface area contributed by atoms with E-state index in [0.29, 0.717) is 15.6 Å². The van der Waals surface area contributed by atoms with Crippen LogP contribution in [0.2, 0.25) is 0 Å². The van der Waals surface area contributed by atoms with Crippen molar-refractivity contribution >= 4 is 22.6 Å². The third-order valence-electron chi connectivity index (χ3n) is 3.93. The van der Waals surface area contributed by atoms with Crippen LogP contribution in [0.5, 0.6) is 0 Å². The van der Waals surface area contributed by atoms with Gasteiger partial charge in [-0.05, 0) is 58.3 Å². The van der Waals surface area contributed by atoms with Crippen LogP contribution in [0.1, 0.15) is 22.8 Å². The lowest BCUT2D eigenvalue weighted by molar-refractivity contribution is -0.137. The van der Waals surface area contributed by atoms with E-state index in [0.717, 1.165) is 17.7 Å². The van der Waals surface area contributed by atoms with Crippen molar-refractivity contribution in [3.8, 4) is 0 Å². The van der Waals surface area contributed by atoms with E-state index in [9.17, 15) is 18.3 Å². The van der Waals surface area contributed by atoms with Gasteiger partial charge in [0, 0.05) is 9.61 Å². The zero-order valence-corrected chi connectivity index (χ0v) is 14.6. The minimum absolute atomic E-state index is 0.320. The Balaban J connectivity index is 1.91. The molecule has 1 saturated heterocycles. The van der Waals surface area contributed by atoms with Crippen LogP contribution in [0.25, 0.3) is 0 Å². The van der Waals surface area contributed by atoms with Crippen molar-refractivity contribution in [3.63, 3.8) is 0 Å². The van der Waals surface area contributed by atoms with Crippen LogP contribution < -0.4 is 5.32 Å². The molecule has 0 spiro atoms. The Morgan fingerprint density at radius 3 is 2.50 bits per heavy atom. The lowest BCUT2D eigenvalue weighted by Crippen LogP contribution is -2.32. The van der Waals surface area contributed by atoms with Gasteiger partial charge in [-0.2, -0.15) is 13.2 Å². The molecule has 24 heavy (non-hydrogen) atoms. The van der Waals surface area contributed by atoms with E-state index in [-0.39, 0.29) is 6.04 Å². The van der Waals surface area contributed by atoms with E-state index in [1.54, 1.807) is 0 Å². The summed E-state index contributed by atoms with van der Waals surface area (Å²) in [7, 11) is 0. The van der Waals surface area contributed by atoms with E-state index in [4.69, 9.17) is 4.74 Å². The number of alkyl halides is 3. The van der Waals surface area contributed by atoms with Crippen molar-refractivity contribution < 1.29 is 23.0 Å². The van der Waals surface area contributed by atoms with Crippen LogP contribution in [0.4, 0.5) is 13.2 Å². The van der Waals surface area contributed by atoms with Crippen molar-refractivity contribution in [1.29, 1.82) is 0 Å². The molecule has 0 amide bonds. The molecule has 2 aromatic rings. The van der Waals surface area contributed by atoms with Gasteiger partial charge in [-0.25, -0.2) is 0 Å². The fourth-order valence-corrected chi connectivity index (χ4v) is 3.45. The van der Waals surface area contributed by atoms with Crippen LogP contribution >= 0.6 is 22.6 Å². The maximum atomic E-state index is 13.0. The number of benzene rings is 2. The van der Waals surface area contributed by atoms with Crippen LogP contribution in [-0.4, -0.2) is 17.6 Å². The SMILES string of the molecule is OC1N[C@H](Cc2ccccc2)C(c2cc(C(F)(F)F)ccc2I)O1. The maximum Gasteiger partial charge on any atom is 0.416 e. The van der Waals surface area contributed by atoms with Crippen molar-refractivity contribution in [3.05, 3.63) is 68.8 Å². The van der Waals surface area contributed by atoms with Crippen LogP contribution in [0, 0.1) is 3.57 Å². The summed E-state index contributed by atoms with van der Waals surface area (Å²) >= 11 is 1.99. The van der Waals surface area contributed by atoms with Crippen molar-refractivity contribution in [2.24, 2.45) is 0 Å². The fraction of sp³-hybridized carbons (Fsp3) is 0.294. The normalized spacial score (nSPS) is 24.3. The molecule has 0 bridgehead atoms. The number of aliphatic hydroxyl groups is 1. The van der Waals surface area contributed by atoms with Crippen molar-refractivity contribution in [2.75, 3.05) is 0 Å². The molecule has 1 aliphatic rings. The predicted octanol–water partition coefficient (Wildman–Crippen LogP) is 3.86. The Hall–Kier alpha value is -1.16. The van der Waals surface area contributed by atoms with Gasteiger partial charge in [-0.3, -0.25) is 5.32 Å². The summed E-state index contributed by atoms with van der Waals surface area (Å²) in [5.74, 6) is 0. The molecule has 0 aromatic heterocycles. The van der Waals surface area contributed by atoms with Gasteiger partial charge in [-0.15, -0.1) is 0 Å². The number of ether oxygens (including phenoxy) is 1. The minimum Gasteiger partial charge on any atom is -0.356 e. The van der Waals surface area contributed by atoms with E-state index in [1.807, 2.05) is 52.9 Å². The number of hydrogen-bond acceptors (Lipinski definition) is 3. The summed E-state index contributed by atoms with van der Waals surface area (Å²) in [6.07, 6.45) is -5.74. The van der Waals surface area contributed by atoms with Gasteiger partial charge in [0.1, 0.15) is 6.10 Å². The largest absolute Gasteiger partial charge is 0.416 e. The molecule has 0 aliphatic carbocycles. The first kappa shape index (κ1) is 17.7. The summed E-state index contributed by atoms with van der Waals surface area (Å²) < 4.78 is 45.1. The summed E-state index contributed by atoms with van der Waals surface area (Å²) in [4.78, 5) is 0. The summed E-state index contributed by atoms with van der Waals surface area (Å²) in [5.41, 5.74) is 0.719. The molecule has 1 heterocycles. The summed E-state index contributed by atoms with van der Waals surface area (Å²) in [5, 5.41) is 12.7. The molecule has 0 saturated carbocycles. The summed E-state index contributed by atoms with van der Waals surface area (Å²) in [6.45, 7) is 0. The van der Waals surface area contributed by atoms with Crippen LogP contribution in [-0.2, 0) is 17.3 Å². The highest BCUT2D eigenvalue weighted by molar-refractivity contribution is 14.1. The highest BCUT2D eigenvalue weighted by atomic mass is 127. The minimum atomic E-state index is -4.42. The molecule has 3 nitrogen and oxygen atoms in total. The van der Waals surface area contributed by atoms with Gasteiger partial charge < -0.3 is 9.84 Å². The molecule has 1 aliphatic heterocycles. The second kappa shape index (κ2) is 6.99. The average Bonchev–Trinajstić information content (AvgIpc) is 2.88. The highest BCUT2D eigenvalue weighted by Crippen LogP contribution is 2.37. The molecule has 1 fully saturated rings. The number of rotatable bonds is 3. The number of hydrogen-bond donors (Lipinski definition) is 2. The molecule has 2 unspecified atom stereocenters. The van der Waals surface area contributed by atoms with Gasteiger partial charge in [0.05, 0.1) is 5.56 Å². The monoisotopic (exact) mass is 449 g/mol. The third kappa shape index (κ3) is 3.90. The number of halogens is 4.